The molecule has 3 rings (SSSR count). The van der Waals surface area contributed by atoms with E-state index in [1.54, 1.807) is 24.3 Å². The van der Waals surface area contributed by atoms with Crippen molar-refractivity contribution in [2.45, 2.75) is 13.3 Å². The van der Waals surface area contributed by atoms with Crippen LogP contribution >= 0.6 is 0 Å². The fourth-order valence-electron chi connectivity index (χ4n) is 2.87. The maximum Gasteiger partial charge on any atom is 0.243 e. The van der Waals surface area contributed by atoms with Gasteiger partial charge in [-0.3, -0.25) is 9.59 Å². The van der Waals surface area contributed by atoms with Gasteiger partial charge >= 0.3 is 0 Å². The molecular weight excluding hydrogens is 378 g/mol. The summed E-state index contributed by atoms with van der Waals surface area (Å²) < 4.78 is 5.77. The molecule has 0 heterocycles. The molecule has 3 aromatic rings. The summed E-state index contributed by atoms with van der Waals surface area (Å²) in [6.45, 7) is 2.17. The highest BCUT2D eigenvalue weighted by Crippen LogP contribution is 2.17. The van der Waals surface area contributed by atoms with Crippen LogP contribution in [0.2, 0.25) is 0 Å². The molecule has 0 radical (unpaired) electrons. The summed E-state index contributed by atoms with van der Waals surface area (Å²) in [4.78, 5) is 23.3. The van der Waals surface area contributed by atoms with Gasteiger partial charge in [-0.1, -0.05) is 36.4 Å². The number of rotatable bonds is 9. The van der Waals surface area contributed by atoms with Crippen LogP contribution in [-0.4, -0.2) is 25.0 Å². The molecule has 2 amide bonds. The van der Waals surface area contributed by atoms with Crippen molar-refractivity contribution >= 4 is 28.9 Å². The van der Waals surface area contributed by atoms with Crippen LogP contribution in [0.5, 0.6) is 5.75 Å². The van der Waals surface area contributed by atoms with E-state index in [2.05, 4.69) is 28.1 Å². The Morgan fingerprint density at radius 3 is 2.20 bits per heavy atom. The Morgan fingerprint density at radius 1 is 0.800 bits per heavy atom. The van der Waals surface area contributed by atoms with Gasteiger partial charge in [0.15, 0.2) is 0 Å². The zero-order valence-corrected chi connectivity index (χ0v) is 16.9. The van der Waals surface area contributed by atoms with Gasteiger partial charge < -0.3 is 20.7 Å². The van der Waals surface area contributed by atoms with E-state index in [4.69, 9.17) is 4.74 Å². The average molecular weight is 403 g/mol. The van der Waals surface area contributed by atoms with E-state index in [0.29, 0.717) is 18.0 Å². The molecule has 0 aliphatic heterocycles. The zero-order chi connectivity index (χ0) is 21.2. The molecule has 0 atom stereocenters. The molecule has 0 fully saturated rings. The lowest BCUT2D eigenvalue weighted by Gasteiger charge is -2.10. The fraction of sp³-hybridized carbons (Fsp3) is 0.167. The fourth-order valence-corrected chi connectivity index (χ4v) is 2.87. The number of benzene rings is 3. The van der Waals surface area contributed by atoms with Crippen molar-refractivity contribution < 1.29 is 14.3 Å². The van der Waals surface area contributed by atoms with E-state index in [-0.39, 0.29) is 18.4 Å². The van der Waals surface area contributed by atoms with Crippen molar-refractivity contribution in [1.82, 2.24) is 0 Å². The Bertz CT molecular complexity index is 973. The molecule has 0 spiro atoms. The standard InChI is InChI=1S/C24H25N3O3/c1-18(28)26-21-8-5-9-22(16-21)27-24(29)17-25-20-10-12-23(13-11-20)30-15-14-19-6-3-2-4-7-19/h2-13,16,25H,14-15,17H2,1H3,(H,26,28)(H,27,29). The summed E-state index contributed by atoms with van der Waals surface area (Å²) in [6.07, 6.45) is 0.851. The Balaban J connectivity index is 1.42. The van der Waals surface area contributed by atoms with Crippen molar-refractivity contribution in [2.24, 2.45) is 0 Å². The van der Waals surface area contributed by atoms with Crippen molar-refractivity contribution in [1.29, 1.82) is 0 Å². The topological polar surface area (TPSA) is 79.5 Å². The molecule has 0 saturated heterocycles. The lowest BCUT2D eigenvalue weighted by molar-refractivity contribution is -0.115. The van der Waals surface area contributed by atoms with Crippen molar-refractivity contribution in [3.63, 3.8) is 0 Å². The average Bonchev–Trinajstić information content (AvgIpc) is 2.74. The van der Waals surface area contributed by atoms with Crippen LogP contribution in [0.25, 0.3) is 0 Å². The van der Waals surface area contributed by atoms with Gasteiger partial charge in [0.05, 0.1) is 13.2 Å². The minimum absolute atomic E-state index is 0.124. The molecule has 0 saturated carbocycles. The summed E-state index contributed by atoms with van der Waals surface area (Å²) in [7, 11) is 0. The lowest BCUT2D eigenvalue weighted by Crippen LogP contribution is -2.21. The Kier molecular flexibility index (Phi) is 7.44. The first-order valence-corrected chi connectivity index (χ1v) is 9.77. The van der Waals surface area contributed by atoms with Gasteiger partial charge in [-0.05, 0) is 48.0 Å². The van der Waals surface area contributed by atoms with Gasteiger partial charge in [0.2, 0.25) is 11.8 Å². The molecule has 0 unspecified atom stereocenters. The van der Waals surface area contributed by atoms with E-state index in [1.165, 1.54) is 12.5 Å². The highest BCUT2D eigenvalue weighted by Gasteiger charge is 2.04. The highest BCUT2D eigenvalue weighted by molar-refractivity contribution is 5.95. The van der Waals surface area contributed by atoms with Crippen LogP contribution in [0.1, 0.15) is 12.5 Å². The van der Waals surface area contributed by atoms with Crippen molar-refractivity contribution in [3.8, 4) is 5.75 Å². The molecule has 3 aromatic carbocycles. The van der Waals surface area contributed by atoms with E-state index >= 15 is 0 Å². The number of ether oxygens (including phenoxy) is 1. The normalized spacial score (nSPS) is 10.2. The number of carbonyl (C=O) groups excluding carboxylic acids is 2. The van der Waals surface area contributed by atoms with Gasteiger partial charge in [-0.15, -0.1) is 0 Å². The van der Waals surface area contributed by atoms with Crippen LogP contribution in [0, 0.1) is 0 Å². The van der Waals surface area contributed by atoms with Crippen LogP contribution in [0.3, 0.4) is 0 Å². The Morgan fingerprint density at radius 2 is 1.50 bits per heavy atom. The van der Waals surface area contributed by atoms with Gasteiger partial charge in [0.25, 0.3) is 0 Å². The summed E-state index contributed by atoms with van der Waals surface area (Å²) >= 11 is 0. The molecule has 30 heavy (non-hydrogen) atoms. The molecule has 6 heteroatoms. The van der Waals surface area contributed by atoms with E-state index < -0.39 is 0 Å². The van der Waals surface area contributed by atoms with E-state index in [0.717, 1.165) is 17.9 Å². The molecule has 6 nitrogen and oxygen atoms in total. The Hall–Kier alpha value is -3.80. The monoisotopic (exact) mass is 403 g/mol. The van der Waals surface area contributed by atoms with Gasteiger partial charge in [-0.25, -0.2) is 0 Å². The van der Waals surface area contributed by atoms with E-state index in [9.17, 15) is 9.59 Å². The van der Waals surface area contributed by atoms with E-state index in [1.807, 2.05) is 42.5 Å². The molecule has 3 N–H and O–H groups in total. The van der Waals surface area contributed by atoms with Gasteiger partial charge in [0.1, 0.15) is 5.75 Å². The van der Waals surface area contributed by atoms with Gasteiger partial charge in [0, 0.05) is 30.4 Å². The van der Waals surface area contributed by atoms with Crippen LogP contribution in [0.15, 0.2) is 78.9 Å². The van der Waals surface area contributed by atoms with Crippen LogP contribution in [0.4, 0.5) is 17.1 Å². The molecule has 0 bridgehead atoms. The third-order valence-corrected chi connectivity index (χ3v) is 4.28. The molecule has 0 aromatic heterocycles. The molecule has 154 valence electrons. The molecule has 0 aliphatic rings. The Labute approximate surface area is 176 Å². The number of amides is 2. The summed E-state index contributed by atoms with van der Waals surface area (Å²) in [5.74, 6) is 0.446. The highest BCUT2D eigenvalue weighted by atomic mass is 16.5. The lowest BCUT2D eigenvalue weighted by atomic mass is 10.2. The number of carbonyl (C=O) groups is 2. The predicted octanol–water partition coefficient (Wildman–Crippen LogP) is 4.32. The van der Waals surface area contributed by atoms with Crippen LogP contribution < -0.4 is 20.7 Å². The molecular formula is C24H25N3O3. The largest absolute Gasteiger partial charge is 0.493 e. The maximum atomic E-state index is 12.2. The zero-order valence-electron chi connectivity index (χ0n) is 16.9. The second kappa shape index (κ2) is 10.7. The second-order valence-electron chi connectivity index (χ2n) is 6.77. The maximum absolute atomic E-state index is 12.2. The van der Waals surface area contributed by atoms with Crippen molar-refractivity contribution in [3.05, 3.63) is 84.4 Å². The summed E-state index contributed by atoms with van der Waals surface area (Å²) in [5, 5.41) is 8.57. The SMILES string of the molecule is CC(=O)Nc1cccc(NC(=O)CNc2ccc(OCCc3ccccc3)cc2)c1. The van der Waals surface area contributed by atoms with Crippen molar-refractivity contribution in [2.75, 3.05) is 29.1 Å². The third-order valence-electron chi connectivity index (χ3n) is 4.28. The molecule has 0 aliphatic carbocycles. The quantitative estimate of drug-likeness (QED) is 0.497. The minimum Gasteiger partial charge on any atom is -0.493 e. The first-order chi connectivity index (χ1) is 14.6. The third kappa shape index (κ3) is 6.98. The first kappa shape index (κ1) is 20.9. The summed E-state index contributed by atoms with van der Waals surface area (Å²) in [6, 6.07) is 24.7. The number of anilines is 3. The number of hydrogen-bond acceptors (Lipinski definition) is 4. The number of nitrogens with one attached hydrogen (secondary N) is 3. The second-order valence-corrected chi connectivity index (χ2v) is 6.77. The van der Waals surface area contributed by atoms with Gasteiger partial charge in [-0.2, -0.15) is 0 Å². The summed E-state index contributed by atoms with van der Waals surface area (Å²) in [5.41, 5.74) is 3.32. The first-order valence-electron chi connectivity index (χ1n) is 9.77. The number of hydrogen-bond donors (Lipinski definition) is 3. The predicted molar refractivity (Wildman–Crippen MR) is 120 cm³/mol. The van der Waals surface area contributed by atoms with Crippen LogP contribution in [-0.2, 0) is 16.0 Å². The minimum atomic E-state index is -0.182. The smallest absolute Gasteiger partial charge is 0.243 e.